The van der Waals surface area contributed by atoms with Gasteiger partial charge in [0.1, 0.15) is 0 Å². The Morgan fingerprint density at radius 3 is 2.63 bits per heavy atom. The number of nitrogens with two attached hydrogens (primary N) is 2. The molecule has 1 heterocycles. The van der Waals surface area contributed by atoms with Gasteiger partial charge in [0.05, 0.1) is 15.4 Å². The number of carbonyl (C=O) groups excluding carboxylic acids is 1. The van der Waals surface area contributed by atoms with Crippen molar-refractivity contribution in [1.82, 2.24) is 0 Å². The van der Waals surface area contributed by atoms with Crippen molar-refractivity contribution in [3.05, 3.63) is 45.8 Å². The van der Waals surface area contributed by atoms with Crippen molar-refractivity contribution >= 4 is 28.9 Å². The van der Waals surface area contributed by atoms with Gasteiger partial charge < -0.3 is 11.5 Å². The summed E-state index contributed by atoms with van der Waals surface area (Å²) in [7, 11) is 0. The van der Waals surface area contributed by atoms with Crippen molar-refractivity contribution in [2.45, 2.75) is 26.7 Å². The van der Waals surface area contributed by atoms with E-state index >= 15 is 0 Å². The van der Waals surface area contributed by atoms with Gasteiger partial charge in [-0.3, -0.25) is 4.79 Å². The van der Waals surface area contributed by atoms with Crippen LogP contribution in [0.15, 0.2) is 30.5 Å². The lowest BCUT2D eigenvalue weighted by molar-refractivity contribution is 0.112. The van der Waals surface area contributed by atoms with Crippen LogP contribution in [0.4, 0.5) is 5.69 Å². The predicted octanol–water partition coefficient (Wildman–Crippen LogP) is 3.53. The molecular weight excluding hydrogens is 256 g/mol. The van der Waals surface area contributed by atoms with Crippen LogP contribution in [0.1, 0.15) is 40.4 Å². The highest BCUT2D eigenvalue weighted by Gasteiger charge is 2.16. The highest BCUT2D eigenvalue weighted by Crippen LogP contribution is 2.36. The van der Waals surface area contributed by atoms with E-state index in [1.54, 1.807) is 6.08 Å². The van der Waals surface area contributed by atoms with E-state index < -0.39 is 0 Å². The van der Waals surface area contributed by atoms with Crippen LogP contribution in [-0.4, -0.2) is 6.29 Å². The Bertz CT molecular complexity index is 539. The summed E-state index contributed by atoms with van der Waals surface area (Å²) < 4.78 is 0. The molecule has 0 saturated carbocycles. The van der Waals surface area contributed by atoms with Gasteiger partial charge in [0.25, 0.3) is 0 Å². The summed E-state index contributed by atoms with van der Waals surface area (Å²) in [5, 5.41) is 0. The molecule has 1 aromatic heterocycles. The number of nitrogen functional groups attached to an aromatic ring is 1. The van der Waals surface area contributed by atoms with E-state index in [2.05, 4.69) is 13.5 Å². The van der Waals surface area contributed by atoms with Crippen molar-refractivity contribution in [2.24, 2.45) is 5.73 Å². The number of thiophene rings is 1. The van der Waals surface area contributed by atoms with Gasteiger partial charge in [-0.05, 0) is 30.6 Å². The maximum absolute atomic E-state index is 11.1. The van der Waals surface area contributed by atoms with Gasteiger partial charge in [-0.25, -0.2) is 0 Å². The summed E-state index contributed by atoms with van der Waals surface area (Å²) in [5.41, 5.74) is 14.8. The fraction of sp³-hybridized carbons (Fsp3) is 0.267. The SMILES string of the molecule is C=C(N)/C=C(\C=C/C)c1sc(C=O)c(CCC)c1N. The van der Waals surface area contributed by atoms with Gasteiger partial charge >= 0.3 is 0 Å². The van der Waals surface area contributed by atoms with Gasteiger partial charge in [0.15, 0.2) is 6.29 Å². The molecule has 0 aliphatic heterocycles. The summed E-state index contributed by atoms with van der Waals surface area (Å²) in [5.74, 6) is 0. The number of carbonyl (C=O) groups is 1. The van der Waals surface area contributed by atoms with Gasteiger partial charge in [-0.15, -0.1) is 11.3 Å². The Morgan fingerprint density at radius 1 is 1.47 bits per heavy atom. The topological polar surface area (TPSA) is 69.1 Å². The van der Waals surface area contributed by atoms with Crippen molar-refractivity contribution < 1.29 is 4.79 Å². The molecule has 1 rings (SSSR count). The van der Waals surface area contributed by atoms with Crippen LogP contribution in [0.2, 0.25) is 0 Å². The molecule has 19 heavy (non-hydrogen) atoms. The van der Waals surface area contributed by atoms with Crippen molar-refractivity contribution in [1.29, 1.82) is 0 Å². The Morgan fingerprint density at radius 2 is 2.16 bits per heavy atom. The predicted molar refractivity (Wildman–Crippen MR) is 84.2 cm³/mol. The highest BCUT2D eigenvalue weighted by molar-refractivity contribution is 7.15. The van der Waals surface area contributed by atoms with Crippen LogP contribution in [0.25, 0.3) is 5.57 Å². The Kier molecular flexibility index (Phi) is 5.57. The quantitative estimate of drug-likeness (QED) is 0.617. The third-order valence-corrected chi connectivity index (χ3v) is 3.86. The molecule has 0 radical (unpaired) electrons. The lowest BCUT2D eigenvalue weighted by Crippen LogP contribution is -1.96. The molecule has 0 bridgehead atoms. The molecular formula is C15H20N2OS. The monoisotopic (exact) mass is 276 g/mol. The number of aldehydes is 1. The third-order valence-electron chi connectivity index (χ3n) is 2.64. The average Bonchev–Trinajstić information content (AvgIpc) is 2.66. The van der Waals surface area contributed by atoms with E-state index in [0.29, 0.717) is 16.3 Å². The Balaban J connectivity index is 3.40. The van der Waals surface area contributed by atoms with Crippen LogP contribution in [0.5, 0.6) is 0 Å². The molecule has 4 N–H and O–H groups in total. The van der Waals surface area contributed by atoms with Gasteiger partial charge in [-0.2, -0.15) is 0 Å². The van der Waals surface area contributed by atoms with E-state index in [1.165, 1.54) is 11.3 Å². The van der Waals surface area contributed by atoms with Gasteiger partial charge in [0, 0.05) is 5.70 Å². The van der Waals surface area contributed by atoms with Crippen LogP contribution < -0.4 is 11.5 Å². The van der Waals surface area contributed by atoms with Gasteiger partial charge in [-0.1, -0.05) is 32.1 Å². The zero-order chi connectivity index (χ0) is 14.4. The second kappa shape index (κ2) is 6.95. The van der Waals surface area contributed by atoms with Crippen LogP contribution in [0, 0.1) is 0 Å². The first kappa shape index (κ1) is 15.2. The molecule has 0 fully saturated rings. The molecule has 102 valence electrons. The Labute approximate surface area is 118 Å². The van der Waals surface area contributed by atoms with Crippen molar-refractivity contribution in [3.8, 4) is 0 Å². The van der Waals surface area contributed by atoms with Gasteiger partial charge in [0.2, 0.25) is 0 Å². The standard InChI is InChI=1S/C15H20N2OS/c1-4-6-11(8-10(3)16)15-14(17)12(7-5-2)13(9-18)19-15/h4,6,8-9H,3,5,7,16-17H2,1-2H3/b6-4-,11-8+. The van der Waals surface area contributed by atoms with Crippen LogP contribution >= 0.6 is 11.3 Å². The number of rotatable bonds is 6. The van der Waals surface area contributed by atoms with Crippen molar-refractivity contribution in [3.63, 3.8) is 0 Å². The summed E-state index contributed by atoms with van der Waals surface area (Å²) >= 11 is 1.41. The smallest absolute Gasteiger partial charge is 0.160 e. The molecule has 0 aliphatic carbocycles. The molecule has 1 aromatic rings. The number of allylic oxidation sites excluding steroid dienone is 4. The molecule has 0 unspecified atom stereocenters. The summed E-state index contributed by atoms with van der Waals surface area (Å²) in [6.45, 7) is 7.67. The van der Waals surface area contributed by atoms with E-state index in [-0.39, 0.29) is 0 Å². The average molecular weight is 276 g/mol. The normalized spacial score (nSPS) is 12.0. The lowest BCUT2D eigenvalue weighted by atomic mass is 10.1. The number of anilines is 1. The second-order valence-corrected chi connectivity index (χ2v) is 5.28. The van der Waals surface area contributed by atoms with E-state index in [4.69, 9.17) is 11.5 Å². The fourth-order valence-corrected chi connectivity index (χ4v) is 2.96. The molecule has 0 aromatic carbocycles. The van der Waals surface area contributed by atoms with E-state index in [0.717, 1.165) is 35.1 Å². The molecule has 0 saturated heterocycles. The first-order valence-corrected chi connectivity index (χ1v) is 7.02. The first-order valence-electron chi connectivity index (χ1n) is 6.20. The minimum Gasteiger partial charge on any atom is -0.399 e. The molecule has 0 spiro atoms. The first-order chi connectivity index (χ1) is 9.04. The molecule has 4 heteroatoms. The molecule has 0 amide bonds. The second-order valence-electron chi connectivity index (χ2n) is 4.23. The highest BCUT2D eigenvalue weighted by atomic mass is 32.1. The Hall–Kier alpha value is -1.81. The minimum absolute atomic E-state index is 0.464. The maximum Gasteiger partial charge on any atom is 0.160 e. The lowest BCUT2D eigenvalue weighted by Gasteiger charge is -2.03. The molecule has 0 aliphatic rings. The summed E-state index contributed by atoms with van der Waals surface area (Å²) in [6.07, 6.45) is 8.24. The summed E-state index contributed by atoms with van der Waals surface area (Å²) in [6, 6.07) is 0. The number of hydrogen-bond donors (Lipinski definition) is 2. The van der Waals surface area contributed by atoms with Crippen LogP contribution in [-0.2, 0) is 6.42 Å². The molecule has 0 atom stereocenters. The third kappa shape index (κ3) is 3.58. The van der Waals surface area contributed by atoms with E-state index in [9.17, 15) is 4.79 Å². The fourth-order valence-electron chi connectivity index (χ4n) is 1.88. The summed E-state index contributed by atoms with van der Waals surface area (Å²) in [4.78, 5) is 12.7. The van der Waals surface area contributed by atoms with Crippen molar-refractivity contribution in [2.75, 3.05) is 5.73 Å². The van der Waals surface area contributed by atoms with E-state index in [1.807, 2.05) is 19.1 Å². The largest absolute Gasteiger partial charge is 0.399 e. The van der Waals surface area contributed by atoms with Crippen LogP contribution in [0.3, 0.4) is 0 Å². The molecule has 3 nitrogen and oxygen atoms in total. The zero-order valence-corrected chi connectivity index (χ0v) is 12.2. The number of hydrogen-bond acceptors (Lipinski definition) is 4. The maximum atomic E-state index is 11.1. The minimum atomic E-state index is 0.464. The zero-order valence-electron chi connectivity index (χ0n) is 11.4.